The van der Waals surface area contributed by atoms with Crippen molar-refractivity contribution in [1.29, 1.82) is 0 Å². The molecule has 4 aromatic rings. The Kier molecular flexibility index (Phi) is 11.0. The molecule has 2 saturated heterocycles. The largest absolute Gasteiger partial charge is 0.493 e. The van der Waals surface area contributed by atoms with Crippen LogP contribution in [-0.4, -0.2) is 74.7 Å². The molecule has 2 aliphatic rings. The second-order valence-corrected chi connectivity index (χ2v) is 12.9. The van der Waals surface area contributed by atoms with Gasteiger partial charge >= 0.3 is 0 Å². The van der Waals surface area contributed by atoms with Crippen molar-refractivity contribution >= 4 is 29.1 Å². The van der Waals surface area contributed by atoms with Crippen LogP contribution in [0.4, 0.5) is 0 Å². The van der Waals surface area contributed by atoms with Gasteiger partial charge in [0.1, 0.15) is 6.61 Å². The second-order valence-electron chi connectivity index (χ2n) is 12.2. The molecule has 258 valence electrons. The molecule has 1 N–H and O–H groups in total. The molecule has 0 atom stereocenters. The molecular formula is C38H41Cl2N3O6. The highest BCUT2D eigenvalue weighted by molar-refractivity contribution is 6.39. The summed E-state index contributed by atoms with van der Waals surface area (Å²) in [7, 11) is 3.23. The van der Waals surface area contributed by atoms with Crippen LogP contribution in [0, 0.1) is 0 Å². The second kappa shape index (κ2) is 15.4. The number of amides is 1. The third-order valence-electron chi connectivity index (χ3n) is 8.93. The van der Waals surface area contributed by atoms with Crippen molar-refractivity contribution in [2.45, 2.75) is 45.1 Å². The number of nitrogens with zero attached hydrogens (tertiary/aromatic N) is 2. The fourth-order valence-corrected chi connectivity index (χ4v) is 7.28. The van der Waals surface area contributed by atoms with E-state index in [4.69, 9.17) is 51.9 Å². The maximum absolute atomic E-state index is 11.7. The molecule has 0 radical (unpaired) electrons. The van der Waals surface area contributed by atoms with E-state index in [1.165, 1.54) is 0 Å². The van der Waals surface area contributed by atoms with E-state index in [0.717, 1.165) is 52.9 Å². The zero-order valence-corrected chi connectivity index (χ0v) is 29.7. The molecule has 2 aliphatic heterocycles. The summed E-state index contributed by atoms with van der Waals surface area (Å²) in [6, 6.07) is 21.4. The number of rotatable bonds is 14. The maximum atomic E-state index is 11.7. The molecular weight excluding hydrogens is 665 g/mol. The Morgan fingerprint density at radius 1 is 0.857 bits per heavy atom. The number of carbonyl (C=O) groups excluding carboxylic acids is 1. The van der Waals surface area contributed by atoms with Crippen molar-refractivity contribution in [2.75, 3.05) is 47.1 Å². The van der Waals surface area contributed by atoms with E-state index in [1.54, 1.807) is 14.2 Å². The minimum Gasteiger partial charge on any atom is -0.493 e. The summed E-state index contributed by atoms with van der Waals surface area (Å²) in [5.41, 5.74) is 5.61. The number of hydrogen-bond donors (Lipinski definition) is 1. The van der Waals surface area contributed by atoms with Crippen molar-refractivity contribution in [1.82, 2.24) is 15.2 Å². The molecule has 9 nitrogen and oxygen atoms in total. The molecule has 1 amide bonds. The number of aromatic nitrogens is 1. The normalized spacial score (nSPS) is 15.4. The third-order valence-corrected chi connectivity index (χ3v) is 9.75. The van der Waals surface area contributed by atoms with Crippen LogP contribution in [-0.2, 0) is 20.8 Å². The van der Waals surface area contributed by atoms with Gasteiger partial charge in [0.25, 0.3) is 0 Å². The Hall–Kier alpha value is -3.86. The number of nitrogens with one attached hydrogen (secondary N) is 1. The summed E-state index contributed by atoms with van der Waals surface area (Å²) >= 11 is 14.2. The van der Waals surface area contributed by atoms with Crippen LogP contribution in [0.1, 0.15) is 32.3 Å². The highest BCUT2D eigenvalue weighted by Gasteiger charge is 2.47. The Morgan fingerprint density at radius 2 is 1.53 bits per heavy atom. The van der Waals surface area contributed by atoms with Crippen molar-refractivity contribution in [3.8, 4) is 50.9 Å². The summed E-state index contributed by atoms with van der Waals surface area (Å²) in [5.74, 6) is 1.82. The van der Waals surface area contributed by atoms with Gasteiger partial charge in [-0.15, -0.1) is 0 Å². The minimum atomic E-state index is -0.471. The van der Waals surface area contributed by atoms with Crippen LogP contribution in [0.5, 0.6) is 17.4 Å². The summed E-state index contributed by atoms with van der Waals surface area (Å²) in [5, 5.41) is 4.22. The zero-order chi connectivity index (χ0) is 34.5. The number of carbonyl (C=O) groups is 1. The number of ether oxygens (including phenoxy) is 5. The topological polar surface area (TPSA) is 91.4 Å². The van der Waals surface area contributed by atoms with Gasteiger partial charge in [-0.25, -0.2) is 4.98 Å². The number of hydrogen-bond acceptors (Lipinski definition) is 8. The summed E-state index contributed by atoms with van der Waals surface area (Å²) in [6.07, 6.45) is 1.02. The van der Waals surface area contributed by atoms with Crippen LogP contribution in [0.2, 0.25) is 10.0 Å². The first-order valence-corrected chi connectivity index (χ1v) is 17.2. The predicted molar refractivity (Wildman–Crippen MR) is 192 cm³/mol. The van der Waals surface area contributed by atoms with Gasteiger partial charge in [0.15, 0.2) is 17.8 Å². The third kappa shape index (κ3) is 7.51. The van der Waals surface area contributed by atoms with E-state index in [2.05, 4.69) is 10.2 Å². The van der Waals surface area contributed by atoms with E-state index in [1.807, 2.05) is 80.6 Å². The predicted octanol–water partition coefficient (Wildman–Crippen LogP) is 7.65. The first-order chi connectivity index (χ1) is 23.8. The standard InChI is InChI=1S/C38H41Cl2N3O6/c1-5-47-34(48-6-2)21-49-31-16-14-24(19-32(31)45-3)26-9-7-10-27(35(26)39)28-11-8-12-29(36(28)40)30-15-13-25(37(41-30)46-4)20-43-22-38(23-43)18-17-33(44)42-38/h7-16,19,34H,5-6,17-18,20-23H2,1-4H3,(H,42,44). The average Bonchev–Trinajstić information content (AvgIpc) is 3.49. The molecule has 3 heterocycles. The Balaban J connectivity index is 1.23. The number of pyridine rings is 1. The first kappa shape index (κ1) is 35.0. The van der Waals surface area contributed by atoms with Gasteiger partial charge in [-0.05, 0) is 44.0 Å². The van der Waals surface area contributed by atoms with Gasteiger partial charge < -0.3 is 29.0 Å². The van der Waals surface area contributed by atoms with E-state index in [9.17, 15) is 4.79 Å². The Labute approximate surface area is 297 Å². The Morgan fingerprint density at radius 3 is 2.16 bits per heavy atom. The molecule has 11 heteroatoms. The van der Waals surface area contributed by atoms with Gasteiger partial charge in [-0.3, -0.25) is 9.69 Å². The SMILES string of the molecule is CCOC(COc1ccc(-c2cccc(-c3cccc(-c4ccc(CN5CC6(CCC(=O)N6)C5)c(OC)n4)c3Cl)c2Cl)cc1OC)OCC. The summed E-state index contributed by atoms with van der Waals surface area (Å²) in [6.45, 7) is 7.43. The maximum Gasteiger partial charge on any atom is 0.220 e. The van der Waals surface area contributed by atoms with Crippen LogP contribution in [0.15, 0.2) is 66.7 Å². The Bertz CT molecular complexity index is 1810. The fourth-order valence-electron chi connectivity index (χ4n) is 6.62. The quantitative estimate of drug-likeness (QED) is 0.134. The van der Waals surface area contributed by atoms with Crippen molar-refractivity contribution in [2.24, 2.45) is 0 Å². The minimum absolute atomic E-state index is 0.0776. The number of methoxy groups -OCH3 is 2. The molecule has 0 unspecified atom stereocenters. The first-order valence-electron chi connectivity index (χ1n) is 16.5. The van der Waals surface area contributed by atoms with Crippen molar-refractivity contribution in [3.63, 3.8) is 0 Å². The smallest absolute Gasteiger partial charge is 0.220 e. The number of likely N-dealkylation sites (tertiary alicyclic amines) is 1. The molecule has 2 fully saturated rings. The lowest BCUT2D eigenvalue weighted by atomic mass is 9.88. The molecule has 0 aliphatic carbocycles. The highest BCUT2D eigenvalue weighted by Crippen LogP contribution is 2.44. The van der Waals surface area contributed by atoms with E-state index in [0.29, 0.717) is 59.3 Å². The molecule has 1 aromatic heterocycles. The molecule has 49 heavy (non-hydrogen) atoms. The van der Waals surface area contributed by atoms with E-state index < -0.39 is 6.29 Å². The van der Waals surface area contributed by atoms with Gasteiger partial charge in [0.2, 0.25) is 11.8 Å². The highest BCUT2D eigenvalue weighted by atomic mass is 35.5. The van der Waals surface area contributed by atoms with Gasteiger partial charge in [-0.1, -0.05) is 71.7 Å². The average molecular weight is 707 g/mol. The van der Waals surface area contributed by atoms with Crippen LogP contribution in [0.3, 0.4) is 0 Å². The van der Waals surface area contributed by atoms with Crippen molar-refractivity contribution in [3.05, 3.63) is 82.3 Å². The lowest BCUT2D eigenvalue weighted by molar-refractivity contribution is -0.152. The molecule has 1 spiro atoms. The summed E-state index contributed by atoms with van der Waals surface area (Å²) < 4.78 is 28.6. The molecule has 6 rings (SSSR count). The monoisotopic (exact) mass is 705 g/mol. The van der Waals surface area contributed by atoms with Gasteiger partial charge in [0.05, 0.1) is 35.5 Å². The lowest BCUT2D eigenvalue weighted by Gasteiger charge is -2.48. The number of halogens is 2. The lowest BCUT2D eigenvalue weighted by Crippen LogP contribution is -2.66. The molecule has 0 bridgehead atoms. The zero-order valence-electron chi connectivity index (χ0n) is 28.2. The van der Waals surface area contributed by atoms with Gasteiger partial charge in [0, 0.05) is 67.1 Å². The van der Waals surface area contributed by atoms with Crippen LogP contribution < -0.4 is 19.5 Å². The van der Waals surface area contributed by atoms with Crippen LogP contribution >= 0.6 is 23.2 Å². The number of benzene rings is 3. The van der Waals surface area contributed by atoms with E-state index in [-0.39, 0.29) is 18.1 Å². The molecule has 0 saturated carbocycles. The van der Waals surface area contributed by atoms with Gasteiger partial charge in [-0.2, -0.15) is 0 Å². The van der Waals surface area contributed by atoms with Crippen molar-refractivity contribution < 1.29 is 28.5 Å². The fraction of sp³-hybridized carbons (Fsp3) is 0.368. The summed E-state index contributed by atoms with van der Waals surface area (Å²) in [4.78, 5) is 18.9. The van der Waals surface area contributed by atoms with E-state index >= 15 is 0 Å². The molecule has 3 aromatic carbocycles. The van der Waals surface area contributed by atoms with Crippen LogP contribution in [0.25, 0.3) is 33.5 Å².